The third kappa shape index (κ3) is 2.93. The second-order valence-electron chi connectivity index (χ2n) is 3.49. The number of anilines is 1. The van der Waals surface area contributed by atoms with Gasteiger partial charge in [0.25, 0.3) is 0 Å². The lowest BCUT2D eigenvalue weighted by atomic mass is 10.2. The molecule has 0 amide bonds. The van der Waals surface area contributed by atoms with Crippen molar-refractivity contribution in [3.8, 4) is 0 Å². The Labute approximate surface area is 91.1 Å². The molecule has 0 bridgehead atoms. The molecule has 0 aromatic heterocycles. The van der Waals surface area contributed by atoms with Crippen LogP contribution in [0.3, 0.4) is 0 Å². The van der Waals surface area contributed by atoms with Gasteiger partial charge in [0.15, 0.2) is 0 Å². The average Bonchev–Trinajstić information content (AvgIpc) is 2.23. The first kappa shape index (κ1) is 12.0. The summed E-state index contributed by atoms with van der Waals surface area (Å²) >= 11 is 0. The lowest BCUT2D eigenvalue weighted by Gasteiger charge is -2.21. The Morgan fingerprint density at radius 2 is 1.93 bits per heavy atom. The van der Waals surface area contributed by atoms with Crippen molar-refractivity contribution in [1.82, 2.24) is 5.32 Å². The maximum absolute atomic E-state index is 13.7. The molecule has 0 saturated heterocycles. The second kappa shape index (κ2) is 5.71. The van der Waals surface area contributed by atoms with Gasteiger partial charge in [-0.25, -0.2) is 4.39 Å². The van der Waals surface area contributed by atoms with Crippen molar-refractivity contribution in [3.63, 3.8) is 0 Å². The number of halogens is 1. The molecule has 0 unspecified atom stereocenters. The summed E-state index contributed by atoms with van der Waals surface area (Å²) in [4.78, 5) is 2.01. The van der Waals surface area contributed by atoms with Crippen molar-refractivity contribution >= 4 is 5.69 Å². The predicted octanol–water partition coefficient (Wildman–Crippen LogP) is 2.39. The van der Waals surface area contributed by atoms with Gasteiger partial charge in [0.2, 0.25) is 0 Å². The minimum atomic E-state index is -0.133. The molecule has 3 heteroatoms. The fourth-order valence-electron chi connectivity index (χ4n) is 1.69. The van der Waals surface area contributed by atoms with E-state index in [0.29, 0.717) is 12.2 Å². The van der Waals surface area contributed by atoms with Gasteiger partial charge in [-0.05, 0) is 38.6 Å². The number of benzene rings is 1. The first-order valence-electron chi connectivity index (χ1n) is 5.40. The molecule has 0 saturated carbocycles. The van der Waals surface area contributed by atoms with Crippen molar-refractivity contribution in [2.24, 2.45) is 0 Å². The number of nitrogens with one attached hydrogen (secondary N) is 1. The number of hydrogen-bond acceptors (Lipinski definition) is 2. The molecule has 1 N–H and O–H groups in total. The summed E-state index contributed by atoms with van der Waals surface area (Å²) < 4.78 is 13.7. The molecule has 1 aromatic carbocycles. The molecular weight excluding hydrogens is 191 g/mol. The minimum absolute atomic E-state index is 0.133. The van der Waals surface area contributed by atoms with Gasteiger partial charge >= 0.3 is 0 Å². The standard InChI is InChI=1S/C12H19FN2/c1-4-15(5-2)12-7-6-10(9-14-3)8-11(12)13/h6-8,14H,4-5,9H2,1-3H3. The normalized spacial score (nSPS) is 10.4. The van der Waals surface area contributed by atoms with E-state index in [1.165, 1.54) is 0 Å². The Morgan fingerprint density at radius 3 is 2.40 bits per heavy atom. The van der Waals surface area contributed by atoms with Crippen molar-refractivity contribution < 1.29 is 4.39 Å². The lowest BCUT2D eigenvalue weighted by molar-refractivity contribution is 0.616. The summed E-state index contributed by atoms with van der Waals surface area (Å²) in [6.45, 7) is 6.43. The lowest BCUT2D eigenvalue weighted by Crippen LogP contribution is -2.23. The van der Waals surface area contributed by atoms with E-state index in [-0.39, 0.29) is 5.82 Å². The summed E-state index contributed by atoms with van der Waals surface area (Å²) in [5.41, 5.74) is 1.67. The smallest absolute Gasteiger partial charge is 0.146 e. The molecule has 1 aromatic rings. The molecule has 0 aliphatic carbocycles. The zero-order valence-corrected chi connectivity index (χ0v) is 9.68. The van der Waals surface area contributed by atoms with Gasteiger partial charge in [-0.3, -0.25) is 0 Å². The highest BCUT2D eigenvalue weighted by Crippen LogP contribution is 2.20. The predicted molar refractivity (Wildman–Crippen MR) is 62.7 cm³/mol. The topological polar surface area (TPSA) is 15.3 Å². The molecule has 0 heterocycles. The van der Waals surface area contributed by atoms with Gasteiger partial charge < -0.3 is 10.2 Å². The van der Waals surface area contributed by atoms with Gasteiger partial charge in [0, 0.05) is 19.6 Å². The molecule has 2 nitrogen and oxygen atoms in total. The van der Waals surface area contributed by atoms with E-state index in [9.17, 15) is 4.39 Å². The van der Waals surface area contributed by atoms with Crippen LogP contribution in [-0.4, -0.2) is 20.1 Å². The van der Waals surface area contributed by atoms with Gasteiger partial charge in [0.1, 0.15) is 5.82 Å². The second-order valence-corrected chi connectivity index (χ2v) is 3.49. The van der Waals surface area contributed by atoms with E-state index in [0.717, 1.165) is 18.7 Å². The maximum atomic E-state index is 13.7. The highest BCUT2D eigenvalue weighted by Gasteiger charge is 2.08. The fraction of sp³-hybridized carbons (Fsp3) is 0.500. The van der Waals surface area contributed by atoms with E-state index in [2.05, 4.69) is 5.32 Å². The van der Waals surface area contributed by atoms with Crippen LogP contribution in [0, 0.1) is 5.82 Å². The van der Waals surface area contributed by atoms with Crippen molar-refractivity contribution in [3.05, 3.63) is 29.6 Å². The zero-order chi connectivity index (χ0) is 11.3. The van der Waals surface area contributed by atoms with Crippen molar-refractivity contribution in [2.45, 2.75) is 20.4 Å². The average molecular weight is 210 g/mol. The molecule has 0 spiro atoms. The van der Waals surface area contributed by atoms with Crippen LogP contribution in [0.2, 0.25) is 0 Å². The van der Waals surface area contributed by atoms with Gasteiger partial charge in [-0.2, -0.15) is 0 Å². The Bertz CT molecular complexity index is 308. The quantitative estimate of drug-likeness (QED) is 0.802. The molecule has 1 rings (SSSR count). The largest absolute Gasteiger partial charge is 0.370 e. The molecular formula is C12H19FN2. The van der Waals surface area contributed by atoms with Gasteiger partial charge in [-0.1, -0.05) is 6.07 Å². The third-order valence-corrected chi connectivity index (χ3v) is 2.50. The van der Waals surface area contributed by atoms with Crippen LogP contribution in [0.15, 0.2) is 18.2 Å². The fourth-order valence-corrected chi connectivity index (χ4v) is 1.69. The van der Waals surface area contributed by atoms with Crippen LogP contribution < -0.4 is 10.2 Å². The van der Waals surface area contributed by atoms with Gasteiger partial charge in [-0.15, -0.1) is 0 Å². The van der Waals surface area contributed by atoms with E-state index < -0.39 is 0 Å². The van der Waals surface area contributed by atoms with E-state index >= 15 is 0 Å². The van der Waals surface area contributed by atoms with Crippen LogP contribution in [0.4, 0.5) is 10.1 Å². The van der Waals surface area contributed by atoms with Crippen LogP contribution in [0.5, 0.6) is 0 Å². The van der Waals surface area contributed by atoms with Crippen LogP contribution in [0.25, 0.3) is 0 Å². The highest BCUT2D eigenvalue weighted by molar-refractivity contribution is 5.49. The Balaban J connectivity index is 2.91. The first-order valence-corrected chi connectivity index (χ1v) is 5.40. The van der Waals surface area contributed by atoms with Crippen LogP contribution >= 0.6 is 0 Å². The van der Waals surface area contributed by atoms with E-state index in [1.54, 1.807) is 6.07 Å². The Kier molecular flexibility index (Phi) is 4.56. The van der Waals surface area contributed by atoms with Crippen LogP contribution in [-0.2, 0) is 6.54 Å². The summed E-state index contributed by atoms with van der Waals surface area (Å²) in [6.07, 6.45) is 0. The Morgan fingerprint density at radius 1 is 1.27 bits per heavy atom. The number of rotatable bonds is 5. The summed E-state index contributed by atoms with van der Waals surface area (Å²) in [6, 6.07) is 5.42. The molecule has 0 fully saturated rings. The van der Waals surface area contributed by atoms with E-state index in [1.807, 2.05) is 37.9 Å². The summed E-state index contributed by atoms with van der Waals surface area (Å²) in [5, 5.41) is 3.01. The monoisotopic (exact) mass is 210 g/mol. The number of hydrogen-bond donors (Lipinski definition) is 1. The van der Waals surface area contributed by atoms with Gasteiger partial charge in [0.05, 0.1) is 5.69 Å². The van der Waals surface area contributed by atoms with Crippen LogP contribution in [0.1, 0.15) is 19.4 Å². The molecule has 0 aliphatic heterocycles. The highest BCUT2D eigenvalue weighted by atomic mass is 19.1. The SMILES string of the molecule is CCN(CC)c1ccc(CNC)cc1F. The zero-order valence-electron chi connectivity index (χ0n) is 9.68. The molecule has 84 valence electrons. The maximum Gasteiger partial charge on any atom is 0.146 e. The molecule has 0 atom stereocenters. The third-order valence-electron chi connectivity index (χ3n) is 2.50. The summed E-state index contributed by atoms with van der Waals surface area (Å²) in [5.74, 6) is -0.133. The first-order chi connectivity index (χ1) is 7.22. The molecule has 15 heavy (non-hydrogen) atoms. The van der Waals surface area contributed by atoms with Crippen molar-refractivity contribution in [2.75, 3.05) is 25.0 Å². The van der Waals surface area contributed by atoms with E-state index in [4.69, 9.17) is 0 Å². The molecule has 0 radical (unpaired) electrons. The van der Waals surface area contributed by atoms with Crippen molar-refractivity contribution in [1.29, 1.82) is 0 Å². The minimum Gasteiger partial charge on any atom is -0.370 e. The Hall–Kier alpha value is -1.09. The number of nitrogens with zero attached hydrogens (tertiary/aromatic N) is 1. The summed E-state index contributed by atoms with van der Waals surface area (Å²) in [7, 11) is 1.86. The molecule has 0 aliphatic rings.